The normalized spacial score (nSPS) is 23.0. The van der Waals surface area contributed by atoms with Gasteiger partial charge in [0.25, 0.3) is 5.91 Å². The maximum absolute atomic E-state index is 14.6. The molecule has 3 rings (SSSR count). The Bertz CT molecular complexity index is 1140. The van der Waals surface area contributed by atoms with Crippen LogP contribution in [0.2, 0.25) is 0 Å². The number of nitrogens with one attached hydrogen (secondary N) is 1. The molecule has 1 amide bonds. The molecule has 15 heteroatoms. The number of halogens is 6. The number of anilines is 2. The first-order valence-corrected chi connectivity index (χ1v) is 9.60. The van der Waals surface area contributed by atoms with E-state index in [0.717, 1.165) is 18.3 Å². The number of nitrogens with zero attached hydrogens (tertiary/aromatic N) is 4. The average molecular weight is 491 g/mol. The van der Waals surface area contributed by atoms with Gasteiger partial charge in [-0.1, -0.05) is 0 Å². The highest BCUT2D eigenvalue weighted by Crippen LogP contribution is 2.41. The third kappa shape index (κ3) is 4.73. The number of hydrogen-bond donors (Lipinski definition) is 3. The minimum Gasteiger partial charge on any atom is -0.385 e. The number of alkyl halides is 5. The van der Waals surface area contributed by atoms with E-state index in [0.29, 0.717) is 6.92 Å². The van der Waals surface area contributed by atoms with E-state index in [2.05, 4.69) is 25.3 Å². The molecule has 1 aliphatic heterocycles. The van der Waals surface area contributed by atoms with Crippen LogP contribution in [0.15, 0.2) is 23.3 Å². The average Bonchev–Trinajstić information content (AvgIpc) is 2.71. The Balaban J connectivity index is 1.88. The van der Waals surface area contributed by atoms with Crippen LogP contribution in [0.3, 0.4) is 0 Å². The Morgan fingerprint density at radius 2 is 1.91 bits per heavy atom. The van der Waals surface area contributed by atoms with Gasteiger partial charge in [0, 0.05) is 6.20 Å². The molecule has 34 heavy (non-hydrogen) atoms. The topological polar surface area (TPSA) is 141 Å². The number of aromatic nitrogens is 3. The summed E-state index contributed by atoms with van der Waals surface area (Å²) in [5.74, 6) is -3.44. The zero-order valence-corrected chi connectivity index (χ0v) is 17.8. The van der Waals surface area contributed by atoms with E-state index in [1.54, 1.807) is 0 Å². The van der Waals surface area contributed by atoms with Crippen molar-refractivity contribution < 1.29 is 35.9 Å². The molecular formula is C19H19F6N7O2. The van der Waals surface area contributed by atoms with Crippen LogP contribution < -0.4 is 16.8 Å². The first-order chi connectivity index (χ1) is 15.7. The Hall–Kier alpha value is -3.49. The number of carbonyl (C=O) groups excluding carboxylic acids is 1. The van der Waals surface area contributed by atoms with Crippen LogP contribution in [-0.2, 0) is 16.7 Å². The van der Waals surface area contributed by atoms with Crippen molar-refractivity contribution in [1.82, 2.24) is 15.0 Å². The molecule has 184 valence electrons. The Morgan fingerprint density at radius 3 is 2.47 bits per heavy atom. The number of amides is 1. The summed E-state index contributed by atoms with van der Waals surface area (Å²) in [6, 6.07) is 1.98. The maximum atomic E-state index is 14.6. The van der Waals surface area contributed by atoms with E-state index in [1.165, 1.54) is 6.92 Å². The second kappa shape index (κ2) is 8.70. The predicted octanol–water partition coefficient (Wildman–Crippen LogP) is 2.58. The third-order valence-electron chi connectivity index (χ3n) is 5.06. The molecule has 0 aromatic carbocycles. The summed E-state index contributed by atoms with van der Waals surface area (Å²) in [4.78, 5) is 27.7. The van der Waals surface area contributed by atoms with Gasteiger partial charge in [0.05, 0.1) is 18.7 Å². The highest BCUT2D eigenvalue weighted by Gasteiger charge is 2.59. The van der Waals surface area contributed by atoms with Crippen molar-refractivity contribution in [3.63, 3.8) is 0 Å². The second-order valence-corrected chi connectivity index (χ2v) is 7.76. The third-order valence-corrected chi connectivity index (χ3v) is 5.06. The second-order valence-electron chi connectivity index (χ2n) is 7.76. The number of aliphatic imine (C=N–C) groups is 1. The van der Waals surface area contributed by atoms with Gasteiger partial charge < -0.3 is 21.5 Å². The number of nitrogen functional groups attached to an aromatic ring is 1. The quantitative estimate of drug-likeness (QED) is 0.546. The van der Waals surface area contributed by atoms with Crippen molar-refractivity contribution in [3.05, 3.63) is 41.2 Å². The first kappa shape index (κ1) is 25.1. The molecule has 0 unspecified atom stereocenters. The van der Waals surface area contributed by atoms with Gasteiger partial charge in [-0.25, -0.2) is 28.1 Å². The van der Waals surface area contributed by atoms with Crippen LogP contribution in [0.5, 0.6) is 0 Å². The van der Waals surface area contributed by atoms with E-state index in [9.17, 15) is 31.1 Å². The van der Waals surface area contributed by atoms with Gasteiger partial charge in [-0.2, -0.15) is 13.2 Å². The molecular weight excluding hydrogens is 472 g/mol. The highest BCUT2D eigenvalue weighted by molar-refractivity contribution is 6.05. The lowest BCUT2D eigenvalue weighted by Crippen LogP contribution is -2.60. The standard InChI is InChI=1S/C19H19F6N7O2/c1-17(7-34-18(2,16(27)32-17)19(23,24)25)13-9(20)3-4-11(30-13)31-15(33)12-14(26)29-8(6-28-12)5-10(21)22/h3-4,6,10H,5,7H2,1-2H3,(H2,26,29)(H2,27,32)(H,30,31,33)/t17-,18+/m0/s1. The van der Waals surface area contributed by atoms with Crippen LogP contribution in [0, 0.1) is 5.82 Å². The summed E-state index contributed by atoms with van der Waals surface area (Å²) >= 11 is 0. The van der Waals surface area contributed by atoms with Gasteiger partial charge in [0.1, 0.15) is 28.7 Å². The molecule has 2 atom stereocenters. The van der Waals surface area contributed by atoms with Crippen LogP contribution in [0.1, 0.15) is 35.7 Å². The molecule has 5 N–H and O–H groups in total. The number of hydrogen-bond acceptors (Lipinski definition) is 8. The van der Waals surface area contributed by atoms with Crippen molar-refractivity contribution in [2.24, 2.45) is 10.7 Å². The summed E-state index contributed by atoms with van der Waals surface area (Å²) in [5.41, 5.74) is 5.57. The molecule has 9 nitrogen and oxygen atoms in total. The number of nitrogens with two attached hydrogens (primary N) is 2. The summed E-state index contributed by atoms with van der Waals surface area (Å²) in [5, 5.41) is 2.29. The van der Waals surface area contributed by atoms with E-state index in [4.69, 9.17) is 16.2 Å². The number of carbonyl (C=O) groups is 1. The van der Waals surface area contributed by atoms with Crippen molar-refractivity contribution in [1.29, 1.82) is 0 Å². The van der Waals surface area contributed by atoms with E-state index in [-0.39, 0.29) is 11.5 Å². The smallest absolute Gasteiger partial charge is 0.385 e. The fraction of sp³-hybridized carbons (Fsp3) is 0.421. The zero-order valence-electron chi connectivity index (χ0n) is 17.8. The summed E-state index contributed by atoms with van der Waals surface area (Å²) in [6.45, 7) is 1.25. The number of pyridine rings is 1. The molecule has 0 saturated carbocycles. The van der Waals surface area contributed by atoms with Gasteiger partial charge in [0.15, 0.2) is 11.5 Å². The Kier molecular flexibility index (Phi) is 6.43. The molecule has 0 saturated heterocycles. The molecule has 0 aliphatic carbocycles. The fourth-order valence-corrected chi connectivity index (χ4v) is 3.05. The van der Waals surface area contributed by atoms with E-state index in [1.807, 2.05) is 0 Å². The lowest BCUT2D eigenvalue weighted by atomic mass is 9.93. The maximum Gasteiger partial charge on any atom is 0.424 e. The summed E-state index contributed by atoms with van der Waals surface area (Å²) in [7, 11) is 0. The Labute approximate surface area is 188 Å². The van der Waals surface area contributed by atoms with Crippen LogP contribution in [-0.4, -0.2) is 51.5 Å². The van der Waals surface area contributed by atoms with Gasteiger partial charge in [0.2, 0.25) is 12.0 Å². The molecule has 0 spiro atoms. The molecule has 2 aromatic rings. The van der Waals surface area contributed by atoms with Crippen LogP contribution in [0.4, 0.5) is 38.0 Å². The lowest BCUT2D eigenvalue weighted by molar-refractivity contribution is -0.249. The molecule has 0 radical (unpaired) electrons. The van der Waals surface area contributed by atoms with Crippen molar-refractivity contribution in [2.45, 2.75) is 44.0 Å². The van der Waals surface area contributed by atoms with Gasteiger partial charge in [-0.05, 0) is 26.0 Å². The first-order valence-electron chi connectivity index (χ1n) is 9.60. The monoisotopic (exact) mass is 491 g/mol. The molecule has 0 fully saturated rings. The highest BCUT2D eigenvalue weighted by atomic mass is 19.4. The van der Waals surface area contributed by atoms with Gasteiger partial charge in [-0.3, -0.25) is 9.79 Å². The summed E-state index contributed by atoms with van der Waals surface area (Å²) in [6.07, 6.45) is -7.31. The molecule has 2 aromatic heterocycles. The molecule has 0 bridgehead atoms. The number of rotatable bonds is 5. The minimum atomic E-state index is -4.87. The molecule has 3 heterocycles. The number of amidine groups is 1. The lowest BCUT2D eigenvalue weighted by Gasteiger charge is -2.40. The fourth-order valence-electron chi connectivity index (χ4n) is 3.05. The van der Waals surface area contributed by atoms with Crippen molar-refractivity contribution in [3.8, 4) is 0 Å². The SMILES string of the molecule is C[C@@]1(c2nc(NC(=O)c3ncc(CC(F)F)nc3N)ccc2F)CO[C@@](C)(C(F)(F)F)C(N)=N1. The summed E-state index contributed by atoms with van der Waals surface area (Å²) < 4.78 is 84.4. The minimum absolute atomic E-state index is 0.127. The van der Waals surface area contributed by atoms with Gasteiger partial charge >= 0.3 is 6.18 Å². The van der Waals surface area contributed by atoms with Crippen LogP contribution >= 0.6 is 0 Å². The van der Waals surface area contributed by atoms with Crippen molar-refractivity contribution >= 4 is 23.4 Å². The van der Waals surface area contributed by atoms with Gasteiger partial charge in [-0.15, -0.1) is 0 Å². The zero-order chi connectivity index (χ0) is 25.5. The Morgan fingerprint density at radius 1 is 1.24 bits per heavy atom. The van der Waals surface area contributed by atoms with E-state index >= 15 is 0 Å². The van der Waals surface area contributed by atoms with Crippen molar-refractivity contribution in [2.75, 3.05) is 17.7 Å². The predicted molar refractivity (Wildman–Crippen MR) is 108 cm³/mol. The van der Waals surface area contributed by atoms with Crippen LogP contribution in [0.25, 0.3) is 0 Å². The largest absolute Gasteiger partial charge is 0.424 e. The number of ether oxygens (including phenoxy) is 1. The molecule has 1 aliphatic rings. The van der Waals surface area contributed by atoms with E-state index < -0.39 is 71.5 Å².